The van der Waals surface area contributed by atoms with Crippen molar-refractivity contribution in [2.75, 3.05) is 13.2 Å². The summed E-state index contributed by atoms with van der Waals surface area (Å²) in [5.74, 6) is -0.698. The van der Waals surface area contributed by atoms with Crippen LogP contribution in [0.2, 0.25) is 0 Å². The summed E-state index contributed by atoms with van der Waals surface area (Å²) in [6.45, 7) is 1.03. The van der Waals surface area contributed by atoms with Gasteiger partial charge in [0.1, 0.15) is 24.4 Å². The molecule has 7 heteroatoms. The van der Waals surface area contributed by atoms with Crippen molar-refractivity contribution in [3.63, 3.8) is 0 Å². The topological polar surface area (TPSA) is 127 Å². The Morgan fingerprint density at radius 1 is 1.24 bits per heavy atom. The van der Waals surface area contributed by atoms with E-state index in [1.807, 2.05) is 0 Å². The minimum absolute atomic E-state index is 0.174. The maximum Gasteiger partial charge on any atom is 0.330 e. The molecule has 7 nitrogen and oxygen atoms in total. The van der Waals surface area contributed by atoms with Crippen LogP contribution in [0.5, 0.6) is 0 Å². The predicted octanol–water partition coefficient (Wildman–Crippen LogP) is -2.46. The van der Waals surface area contributed by atoms with Crippen molar-refractivity contribution >= 4 is 5.97 Å². The lowest BCUT2D eigenvalue weighted by Crippen LogP contribution is -2.45. The SMILES string of the molecule is CCOC(=O)/C=C/[C@H](O)[C@@H](O)[C@H](O)[C@H](O)CO. The smallest absolute Gasteiger partial charge is 0.330 e. The molecule has 0 heterocycles. The Morgan fingerprint density at radius 2 is 1.82 bits per heavy atom. The molecule has 17 heavy (non-hydrogen) atoms. The van der Waals surface area contributed by atoms with E-state index in [-0.39, 0.29) is 6.61 Å². The van der Waals surface area contributed by atoms with Crippen LogP contribution in [0, 0.1) is 0 Å². The number of hydrogen-bond donors (Lipinski definition) is 5. The van der Waals surface area contributed by atoms with Crippen molar-refractivity contribution in [1.29, 1.82) is 0 Å². The molecule has 0 aromatic rings. The second-order valence-corrected chi connectivity index (χ2v) is 3.33. The van der Waals surface area contributed by atoms with Crippen molar-refractivity contribution in [2.24, 2.45) is 0 Å². The Labute approximate surface area is 98.6 Å². The van der Waals surface area contributed by atoms with E-state index in [2.05, 4.69) is 4.74 Å². The molecule has 0 saturated carbocycles. The summed E-state index contributed by atoms with van der Waals surface area (Å²) in [5, 5.41) is 45.5. The molecule has 0 unspecified atom stereocenters. The van der Waals surface area contributed by atoms with E-state index >= 15 is 0 Å². The van der Waals surface area contributed by atoms with Crippen LogP contribution in [0.4, 0.5) is 0 Å². The van der Waals surface area contributed by atoms with Gasteiger partial charge in [-0.15, -0.1) is 0 Å². The van der Waals surface area contributed by atoms with Crippen LogP contribution in [0.3, 0.4) is 0 Å². The zero-order chi connectivity index (χ0) is 13.4. The second kappa shape index (κ2) is 8.15. The summed E-state index contributed by atoms with van der Waals surface area (Å²) >= 11 is 0. The number of aliphatic hydroxyl groups is 5. The average Bonchev–Trinajstić information content (AvgIpc) is 2.33. The first-order valence-electron chi connectivity index (χ1n) is 5.12. The third-order valence-corrected chi connectivity index (χ3v) is 2.00. The van der Waals surface area contributed by atoms with Crippen LogP contribution in [-0.2, 0) is 9.53 Å². The summed E-state index contributed by atoms with van der Waals surface area (Å²) in [6, 6.07) is 0. The molecule has 0 aliphatic carbocycles. The monoisotopic (exact) mass is 250 g/mol. The zero-order valence-corrected chi connectivity index (χ0v) is 9.43. The first kappa shape index (κ1) is 16.0. The largest absolute Gasteiger partial charge is 0.463 e. The van der Waals surface area contributed by atoms with Crippen LogP contribution in [0.25, 0.3) is 0 Å². The third-order valence-electron chi connectivity index (χ3n) is 2.00. The average molecular weight is 250 g/mol. The number of aliphatic hydroxyl groups excluding tert-OH is 5. The maximum atomic E-state index is 10.9. The quantitative estimate of drug-likeness (QED) is 0.250. The molecule has 100 valence electrons. The number of ether oxygens (including phenoxy) is 1. The van der Waals surface area contributed by atoms with Crippen molar-refractivity contribution in [3.8, 4) is 0 Å². The number of rotatable bonds is 7. The molecule has 0 radical (unpaired) electrons. The molecule has 0 aromatic heterocycles. The second-order valence-electron chi connectivity index (χ2n) is 3.33. The summed E-state index contributed by atoms with van der Waals surface area (Å²) in [6.07, 6.45) is -4.75. The predicted molar refractivity (Wildman–Crippen MR) is 56.9 cm³/mol. The summed E-state index contributed by atoms with van der Waals surface area (Å²) in [5.41, 5.74) is 0. The highest BCUT2D eigenvalue weighted by Crippen LogP contribution is 2.06. The van der Waals surface area contributed by atoms with Gasteiger partial charge in [-0.2, -0.15) is 0 Å². The van der Waals surface area contributed by atoms with Gasteiger partial charge in [-0.05, 0) is 13.0 Å². The fourth-order valence-electron chi connectivity index (χ4n) is 1.02. The molecular weight excluding hydrogens is 232 g/mol. The highest BCUT2D eigenvalue weighted by molar-refractivity contribution is 5.81. The molecule has 5 N–H and O–H groups in total. The summed E-state index contributed by atoms with van der Waals surface area (Å²) in [4.78, 5) is 10.9. The van der Waals surface area contributed by atoms with E-state index in [4.69, 9.17) is 10.2 Å². The van der Waals surface area contributed by atoms with Gasteiger partial charge in [0.2, 0.25) is 0 Å². The highest BCUT2D eigenvalue weighted by atomic mass is 16.5. The van der Waals surface area contributed by atoms with Crippen LogP contribution >= 0.6 is 0 Å². The lowest BCUT2D eigenvalue weighted by Gasteiger charge is -2.23. The molecule has 0 aliphatic heterocycles. The Hall–Kier alpha value is -0.990. The van der Waals surface area contributed by atoms with Crippen molar-refractivity contribution in [3.05, 3.63) is 12.2 Å². The zero-order valence-electron chi connectivity index (χ0n) is 9.43. The van der Waals surface area contributed by atoms with E-state index in [1.165, 1.54) is 0 Å². The van der Waals surface area contributed by atoms with Gasteiger partial charge in [-0.25, -0.2) is 4.79 Å². The minimum Gasteiger partial charge on any atom is -0.463 e. The molecule has 0 amide bonds. The lowest BCUT2D eigenvalue weighted by atomic mass is 10.0. The number of hydrogen-bond acceptors (Lipinski definition) is 7. The van der Waals surface area contributed by atoms with Gasteiger partial charge in [-0.1, -0.05) is 0 Å². The van der Waals surface area contributed by atoms with Crippen molar-refractivity contribution in [2.45, 2.75) is 31.3 Å². The first-order chi connectivity index (χ1) is 7.93. The molecule has 0 rings (SSSR count). The number of esters is 1. The third kappa shape index (κ3) is 5.76. The number of carbonyl (C=O) groups excluding carboxylic acids is 1. The Morgan fingerprint density at radius 3 is 2.29 bits per heavy atom. The molecule has 4 atom stereocenters. The standard InChI is InChI=1S/C10H18O7/c1-2-17-8(14)4-3-6(12)9(15)10(16)7(13)5-11/h3-4,6-7,9-13,15-16H,2,5H2,1H3/b4-3+/t6-,7+,9+,10+/m0/s1. The fourth-order valence-corrected chi connectivity index (χ4v) is 1.02. The van der Waals surface area contributed by atoms with Crippen LogP contribution in [0.15, 0.2) is 12.2 Å². The van der Waals surface area contributed by atoms with Crippen molar-refractivity contribution in [1.82, 2.24) is 0 Å². The fraction of sp³-hybridized carbons (Fsp3) is 0.700. The molecule has 0 saturated heterocycles. The maximum absolute atomic E-state index is 10.9. The molecule has 0 fully saturated rings. The minimum atomic E-state index is -1.72. The van der Waals surface area contributed by atoms with E-state index in [1.54, 1.807) is 6.92 Å². The Balaban J connectivity index is 4.30. The van der Waals surface area contributed by atoms with E-state index in [0.717, 1.165) is 12.2 Å². The van der Waals surface area contributed by atoms with E-state index < -0.39 is 37.0 Å². The molecule has 0 aliphatic rings. The van der Waals surface area contributed by atoms with Crippen molar-refractivity contribution < 1.29 is 35.1 Å². The molecular formula is C10H18O7. The van der Waals surface area contributed by atoms with Gasteiger partial charge in [0, 0.05) is 6.08 Å². The van der Waals surface area contributed by atoms with Gasteiger partial charge < -0.3 is 30.3 Å². The van der Waals surface area contributed by atoms with Gasteiger partial charge in [0.15, 0.2) is 0 Å². The summed E-state index contributed by atoms with van der Waals surface area (Å²) < 4.78 is 4.53. The highest BCUT2D eigenvalue weighted by Gasteiger charge is 2.28. The van der Waals surface area contributed by atoms with Gasteiger partial charge in [0.25, 0.3) is 0 Å². The molecule has 0 spiro atoms. The van der Waals surface area contributed by atoms with Gasteiger partial charge in [0.05, 0.1) is 13.2 Å². The molecule has 0 bridgehead atoms. The summed E-state index contributed by atoms with van der Waals surface area (Å²) in [7, 11) is 0. The Bertz CT molecular complexity index is 253. The Kier molecular flexibility index (Phi) is 7.68. The van der Waals surface area contributed by atoms with E-state index in [0.29, 0.717) is 0 Å². The van der Waals surface area contributed by atoms with Crippen LogP contribution < -0.4 is 0 Å². The van der Waals surface area contributed by atoms with Gasteiger partial charge in [-0.3, -0.25) is 0 Å². The molecule has 0 aromatic carbocycles. The van der Waals surface area contributed by atoms with E-state index in [9.17, 15) is 20.1 Å². The number of carbonyl (C=O) groups is 1. The first-order valence-corrected chi connectivity index (χ1v) is 5.12. The van der Waals surface area contributed by atoms with Gasteiger partial charge >= 0.3 is 5.97 Å². The normalized spacial score (nSPS) is 18.7. The lowest BCUT2D eigenvalue weighted by molar-refractivity contribution is -0.137. The van der Waals surface area contributed by atoms with Crippen LogP contribution in [-0.4, -0.2) is 69.1 Å². The van der Waals surface area contributed by atoms with Crippen LogP contribution in [0.1, 0.15) is 6.92 Å².